The first-order chi connectivity index (χ1) is 15.3. The highest BCUT2D eigenvalue weighted by atomic mass is 35.5. The Morgan fingerprint density at radius 2 is 1.84 bits per heavy atom. The molecule has 3 heterocycles. The molecule has 2 aromatic rings. The summed E-state index contributed by atoms with van der Waals surface area (Å²) in [4.78, 5) is 21.9. The number of pyridine rings is 1. The number of amides is 1. The quantitative estimate of drug-likeness (QED) is 0.556. The van der Waals surface area contributed by atoms with Crippen LogP contribution in [0.4, 0.5) is 0 Å². The van der Waals surface area contributed by atoms with Crippen LogP contribution >= 0.6 is 34.8 Å². The van der Waals surface area contributed by atoms with Gasteiger partial charge in [-0.3, -0.25) is 4.79 Å². The second-order valence-electron chi connectivity index (χ2n) is 8.90. The molecule has 2 aliphatic rings. The van der Waals surface area contributed by atoms with Crippen molar-refractivity contribution < 1.29 is 9.53 Å². The lowest BCUT2D eigenvalue weighted by Gasteiger charge is -2.31. The SMILES string of the molecule is C[C@H](Oc1ccc(Cl)cn1)[C@H]1CN(C(=O)C2CCN(C)CC2)C[C@@H]1c1ccc(Cl)c(Cl)c1. The molecule has 2 fully saturated rings. The first-order valence-electron chi connectivity index (χ1n) is 11.0. The van der Waals surface area contributed by atoms with Gasteiger partial charge in [-0.2, -0.15) is 0 Å². The molecule has 0 aliphatic carbocycles. The first-order valence-corrected chi connectivity index (χ1v) is 12.2. The van der Waals surface area contributed by atoms with Gasteiger partial charge in [0.1, 0.15) is 6.10 Å². The number of carbonyl (C=O) groups is 1. The number of rotatable bonds is 5. The lowest BCUT2D eigenvalue weighted by molar-refractivity contribution is -0.136. The number of hydrogen-bond donors (Lipinski definition) is 0. The van der Waals surface area contributed by atoms with Gasteiger partial charge in [0.05, 0.1) is 15.1 Å². The van der Waals surface area contributed by atoms with E-state index in [1.54, 1.807) is 18.3 Å². The molecule has 3 atom stereocenters. The summed E-state index contributed by atoms with van der Waals surface area (Å²) in [5.74, 6) is 1.06. The molecule has 0 spiro atoms. The van der Waals surface area contributed by atoms with Crippen molar-refractivity contribution in [2.24, 2.45) is 11.8 Å². The summed E-state index contributed by atoms with van der Waals surface area (Å²) in [7, 11) is 2.11. The average molecular weight is 497 g/mol. The molecule has 0 radical (unpaired) electrons. The molecule has 0 bridgehead atoms. The standard InChI is InChI=1S/C24H28Cl3N3O2/c1-15(32-23-6-4-18(25)12-28-23)19-13-30(24(31)16-7-9-29(2)10-8-16)14-20(19)17-3-5-21(26)22(27)11-17/h3-6,11-12,15-16,19-20H,7-10,13-14H2,1-2H3/t15-,19+,20+/m0/s1. The lowest BCUT2D eigenvalue weighted by atomic mass is 9.86. The largest absolute Gasteiger partial charge is 0.474 e. The second kappa shape index (κ2) is 10.2. The van der Waals surface area contributed by atoms with Gasteiger partial charge in [-0.15, -0.1) is 0 Å². The number of nitrogens with zero attached hydrogens (tertiary/aromatic N) is 3. The average Bonchev–Trinajstić information content (AvgIpc) is 3.23. The van der Waals surface area contributed by atoms with E-state index in [4.69, 9.17) is 39.5 Å². The summed E-state index contributed by atoms with van der Waals surface area (Å²) in [5, 5.41) is 1.62. The summed E-state index contributed by atoms with van der Waals surface area (Å²) in [6.45, 7) is 5.26. The van der Waals surface area contributed by atoms with Gasteiger partial charge >= 0.3 is 0 Å². The predicted molar refractivity (Wildman–Crippen MR) is 129 cm³/mol. The van der Waals surface area contributed by atoms with E-state index in [1.165, 1.54) is 0 Å². The molecular formula is C24H28Cl3N3O2. The van der Waals surface area contributed by atoms with Gasteiger partial charge in [-0.05, 0) is 63.7 Å². The molecule has 2 aliphatic heterocycles. The Morgan fingerprint density at radius 3 is 2.50 bits per heavy atom. The number of aromatic nitrogens is 1. The molecule has 0 unspecified atom stereocenters. The lowest BCUT2D eigenvalue weighted by Crippen LogP contribution is -2.41. The molecule has 1 aromatic heterocycles. The van der Waals surface area contributed by atoms with Crippen LogP contribution in [-0.2, 0) is 4.79 Å². The minimum Gasteiger partial charge on any atom is -0.474 e. The summed E-state index contributed by atoms with van der Waals surface area (Å²) in [6, 6.07) is 9.27. The van der Waals surface area contributed by atoms with Crippen molar-refractivity contribution in [2.45, 2.75) is 31.8 Å². The predicted octanol–water partition coefficient (Wildman–Crippen LogP) is 5.39. The third kappa shape index (κ3) is 5.33. The van der Waals surface area contributed by atoms with Crippen molar-refractivity contribution >= 4 is 40.7 Å². The van der Waals surface area contributed by atoms with Gasteiger partial charge in [-0.25, -0.2) is 4.98 Å². The molecule has 0 saturated carbocycles. The van der Waals surface area contributed by atoms with Crippen LogP contribution in [0.1, 0.15) is 31.2 Å². The first kappa shape index (κ1) is 23.6. The summed E-state index contributed by atoms with van der Waals surface area (Å²) < 4.78 is 6.17. The summed E-state index contributed by atoms with van der Waals surface area (Å²) in [6.07, 6.45) is 3.24. The highest BCUT2D eigenvalue weighted by molar-refractivity contribution is 6.42. The normalized spacial score (nSPS) is 23.3. The Kier molecular flexibility index (Phi) is 7.51. The van der Waals surface area contributed by atoms with Crippen LogP contribution in [0, 0.1) is 11.8 Å². The van der Waals surface area contributed by atoms with Gasteiger partial charge in [0.2, 0.25) is 11.8 Å². The van der Waals surface area contributed by atoms with Gasteiger partial charge < -0.3 is 14.5 Å². The van der Waals surface area contributed by atoms with Crippen LogP contribution in [0.15, 0.2) is 36.5 Å². The second-order valence-corrected chi connectivity index (χ2v) is 10.2. The topological polar surface area (TPSA) is 45.7 Å². The molecule has 32 heavy (non-hydrogen) atoms. The molecule has 8 heteroatoms. The number of hydrogen-bond acceptors (Lipinski definition) is 4. The number of benzene rings is 1. The molecule has 1 amide bonds. The maximum Gasteiger partial charge on any atom is 0.225 e. The van der Waals surface area contributed by atoms with Crippen molar-refractivity contribution in [3.8, 4) is 5.88 Å². The molecule has 172 valence electrons. The zero-order valence-corrected chi connectivity index (χ0v) is 20.6. The summed E-state index contributed by atoms with van der Waals surface area (Å²) >= 11 is 18.4. The van der Waals surface area contributed by atoms with Gasteiger partial charge in [-0.1, -0.05) is 40.9 Å². The van der Waals surface area contributed by atoms with Crippen molar-refractivity contribution in [2.75, 3.05) is 33.2 Å². The number of piperidine rings is 1. The third-order valence-electron chi connectivity index (χ3n) is 6.73. The Hall–Kier alpha value is -1.53. The van der Waals surface area contributed by atoms with Crippen LogP contribution in [0.5, 0.6) is 5.88 Å². The fourth-order valence-electron chi connectivity index (χ4n) is 4.80. The van der Waals surface area contributed by atoms with E-state index < -0.39 is 0 Å². The number of ether oxygens (including phenoxy) is 1. The van der Waals surface area contributed by atoms with Crippen LogP contribution in [-0.4, -0.2) is 60.0 Å². The van der Waals surface area contributed by atoms with Gasteiger partial charge in [0.15, 0.2) is 0 Å². The van der Waals surface area contributed by atoms with Crippen LogP contribution in [0.3, 0.4) is 0 Å². The van der Waals surface area contributed by atoms with E-state index in [0.29, 0.717) is 34.0 Å². The van der Waals surface area contributed by atoms with Crippen molar-refractivity contribution in [3.63, 3.8) is 0 Å². The summed E-state index contributed by atoms with van der Waals surface area (Å²) in [5.41, 5.74) is 1.07. The smallest absolute Gasteiger partial charge is 0.225 e. The van der Waals surface area contributed by atoms with E-state index in [9.17, 15) is 4.79 Å². The van der Waals surface area contributed by atoms with Crippen LogP contribution in [0.25, 0.3) is 0 Å². The number of likely N-dealkylation sites (tertiary alicyclic amines) is 2. The maximum absolute atomic E-state index is 13.4. The zero-order chi connectivity index (χ0) is 22.8. The zero-order valence-electron chi connectivity index (χ0n) is 18.3. The van der Waals surface area contributed by atoms with E-state index in [1.807, 2.05) is 30.0 Å². The van der Waals surface area contributed by atoms with Gasteiger partial charge in [0, 0.05) is 43.1 Å². The fourth-order valence-corrected chi connectivity index (χ4v) is 5.22. The molecule has 5 nitrogen and oxygen atoms in total. The maximum atomic E-state index is 13.4. The molecular weight excluding hydrogens is 469 g/mol. The third-order valence-corrected chi connectivity index (χ3v) is 7.69. The fraction of sp³-hybridized carbons (Fsp3) is 0.500. The van der Waals surface area contributed by atoms with Crippen molar-refractivity contribution in [1.29, 1.82) is 0 Å². The van der Waals surface area contributed by atoms with Gasteiger partial charge in [0.25, 0.3) is 0 Å². The minimum absolute atomic E-state index is 0.0913. The minimum atomic E-state index is -0.154. The number of carbonyl (C=O) groups excluding carboxylic acids is 1. The number of halogens is 3. The molecule has 1 aromatic carbocycles. The highest BCUT2D eigenvalue weighted by Crippen LogP contribution is 2.39. The van der Waals surface area contributed by atoms with Crippen molar-refractivity contribution in [1.82, 2.24) is 14.8 Å². The van der Waals surface area contributed by atoms with E-state index in [2.05, 4.69) is 16.9 Å². The Balaban J connectivity index is 1.55. The Bertz CT molecular complexity index is 948. The highest BCUT2D eigenvalue weighted by Gasteiger charge is 2.42. The molecule has 4 rings (SSSR count). The molecule has 2 saturated heterocycles. The van der Waals surface area contributed by atoms with Crippen LogP contribution < -0.4 is 4.74 Å². The van der Waals surface area contributed by atoms with E-state index in [0.717, 1.165) is 31.5 Å². The molecule has 0 N–H and O–H groups in total. The Labute approximate surface area is 204 Å². The van der Waals surface area contributed by atoms with E-state index >= 15 is 0 Å². The Morgan fingerprint density at radius 1 is 1.09 bits per heavy atom. The van der Waals surface area contributed by atoms with Crippen molar-refractivity contribution in [3.05, 3.63) is 57.2 Å². The van der Waals surface area contributed by atoms with Crippen LogP contribution in [0.2, 0.25) is 15.1 Å². The monoisotopic (exact) mass is 495 g/mol. The van der Waals surface area contributed by atoms with E-state index in [-0.39, 0.29) is 29.8 Å².